The highest BCUT2D eigenvalue weighted by Crippen LogP contribution is 2.29. The van der Waals surface area contributed by atoms with Crippen molar-refractivity contribution in [2.45, 2.75) is 6.92 Å². The van der Waals surface area contributed by atoms with Crippen LogP contribution in [0.2, 0.25) is 10.0 Å². The first-order chi connectivity index (χ1) is 12.0. The highest BCUT2D eigenvalue weighted by Gasteiger charge is 2.12. The molecule has 0 aliphatic carbocycles. The lowest BCUT2D eigenvalue weighted by Gasteiger charge is -2.04. The highest BCUT2D eigenvalue weighted by molar-refractivity contribution is 7.71. The summed E-state index contributed by atoms with van der Waals surface area (Å²) in [5.41, 5.74) is 2.77. The number of allylic oxidation sites excluding steroid dienone is 1. The number of aromatic nitrogens is 3. The molecule has 0 unspecified atom stereocenters. The standard InChI is InChI=1S/C18H14Cl2N4S/c1-12(9-13-5-3-2-4-6-13)11-21-24-17(22-23-18(24)25)15-8-7-14(19)10-16(15)20/h2-11H,1H3,(H,23,25)/b12-9+,21-11-. The van der Waals surface area contributed by atoms with E-state index in [-0.39, 0.29) is 0 Å². The summed E-state index contributed by atoms with van der Waals surface area (Å²) in [5, 5.41) is 12.4. The van der Waals surface area contributed by atoms with Gasteiger partial charge in [0.05, 0.1) is 11.2 Å². The van der Waals surface area contributed by atoms with Gasteiger partial charge in [0.1, 0.15) is 0 Å². The second-order valence-corrected chi connectivity index (χ2v) is 6.56. The second kappa shape index (κ2) is 7.78. The SMILES string of the molecule is CC(/C=N\n1c(-c2ccc(Cl)cc2Cl)n[nH]c1=S)=C\c1ccccc1. The molecule has 7 heteroatoms. The first-order valence-corrected chi connectivity index (χ1v) is 8.61. The molecule has 0 aliphatic rings. The number of hydrogen-bond acceptors (Lipinski definition) is 3. The zero-order valence-electron chi connectivity index (χ0n) is 13.3. The third-order valence-corrected chi connectivity index (χ3v) is 4.21. The molecule has 2 aromatic carbocycles. The van der Waals surface area contributed by atoms with Crippen molar-refractivity contribution < 1.29 is 0 Å². The molecule has 126 valence electrons. The molecule has 0 aliphatic heterocycles. The summed E-state index contributed by atoms with van der Waals surface area (Å²) in [6, 6.07) is 15.2. The molecular formula is C18H14Cl2N4S. The van der Waals surface area contributed by atoms with E-state index in [2.05, 4.69) is 15.3 Å². The van der Waals surface area contributed by atoms with Crippen LogP contribution in [0.3, 0.4) is 0 Å². The van der Waals surface area contributed by atoms with Crippen molar-refractivity contribution in [3.05, 3.63) is 74.5 Å². The number of hydrogen-bond donors (Lipinski definition) is 1. The molecule has 1 N–H and O–H groups in total. The van der Waals surface area contributed by atoms with E-state index < -0.39 is 0 Å². The number of halogens is 2. The average Bonchev–Trinajstić information content (AvgIpc) is 2.94. The normalized spacial score (nSPS) is 12.0. The smallest absolute Gasteiger partial charge is 0.216 e. The zero-order chi connectivity index (χ0) is 17.8. The van der Waals surface area contributed by atoms with E-state index in [0.29, 0.717) is 26.2 Å². The van der Waals surface area contributed by atoms with Gasteiger partial charge in [0.15, 0.2) is 5.82 Å². The van der Waals surface area contributed by atoms with Gasteiger partial charge in [0.2, 0.25) is 4.77 Å². The molecule has 1 heterocycles. The van der Waals surface area contributed by atoms with Gasteiger partial charge in [-0.2, -0.15) is 14.9 Å². The molecule has 0 spiro atoms. The average molecular weight is 389 g/mol. The number of rotatable bonds is 4. The Morgan fingerprint density at radius 2 is 1.96 bits per heavy atom. The lowest BCUT2D eigenvalue weighted by molar-refractivity contribution is 0.871. The lowest BCUT2D eigenvalue weighted by atomic mass is 10.1. The van der Waals surface area contributed by atoms with Crippen LogP contribution in [0.1, 0.15) is 12.5 Å². The number of nitrogens with zero attached hydrogens (tertiary/aromatic N) is 3. The van der Waals surface area contributed by atoms with Gasteiger partial charge >= 0.3 is 0 Å². The topological polar surface area (TPSA) is 46.0 Å². The van der Waals surface area contributed by atoms with Crippen LogP contribution in [0.5, 0.6) is 0 Å². The second-order valence-electron chi connectivity index (χ2n) is 5.33. The predicted molar refractivity (Wildman–Crippen MR) is 107 cm³/mol. The van der Waals surface area contributed by atoms with Crippen LogP contribution in [0, 0.1) is 4.77 Å². The Labute approximate surface area is 160 Å². The first-order valence-electron chi connectivity index (χ1n) is 7.45. The summed E-state index contributed by atoms with van der Waals surface area (Å²) >= 11 is 17.5. The first kappa shape index (κ1) is 17.6. The molecule has 0 radical (unpaired) electrons. The van der Waals surface area contributed by atoms with Crippen LogP contribution in [-0.2, 0) is 0 Å². The summed E-state index contributed by atoms with van der Waals surface area (Å²) in [7, 11) is 0. The highest BCUT2D eigenvalue weighted by atomic mass is 35.5. The van der Waals surface area contributed by atoms with Gasteiger partial charge in [-0.3, -0.25) is 0 Å². The zero-order valence-corrected chi connectivity index (χ0v) is 15.6. The van der Waals surface area contributed by atoms with Crippen molar-refractivity contribution in [2.24, 2.45) is 5.10 Å². The Morgan fingerprint density at radius 3 is 2.68 bits per heavy atom. The minimum Gasteiger partial charge on any atom is -0.250 e. The largest absolute Gasteiger partial charge is 0.250 e. The van der Waals surface area contributed by atoms with Crippen LogP contribution in [-0.4, -0.2) is 21.1 Å². The Kier molecular flexibility index (Phi) is 5.48. The summed E-state index contributed by atoms with van der Waals surface area (Å²) in [6.45, 7) is 1.97. The number of aromatic amines is 1. The number of nitrogens with one attached hydrogen (secondary N) is 1. The van der Waals surface area contributed by atoms with Crippen LogP contribution >= 0.6 is 35.4 Å². The monoisotopic (exact) mass is 388 g/mol. The van der Waals surface area contributed by atoms with Gasteiger partial charge in [-0.25, -0.2) is 5.10 Å². The Balaban J connectivity index is 1.95. The predicted octanol–water partition coefficient (Wildman–Crippen LogP) is 5.85. The molecule has 1 aromatic heterocycles. The third kappa shape index (κ3) is 4.25. The molecule has 25 heavy (non-hydrogen) atoms. The van der Waals surface area contributed by atoms with Crippen LogP contribution in [0.25, 0.3) is 17.5 Å². The van der Waals surface area contributed by atoms with E-state index in [4.69, 9.17) is 35.4 Å². The quantitative estimate of drug-likeness (QED) is 0.449. The van der Waals surface area contributed by atoms with Crippen molar-refractivity contribution >= 4 is 47.7 Å². The third-order valence-electron chi connectivity index (χ3n) is 3.39. The Hall–Kier alpha value is -2.21. The van der Waals surface area contributed by atoms with E-state index in [0.717, 1.165) is 11.1 Å². The Bertz CT molecular complexity index is 1000. The maximum absolute atomic E-state index is 6.27. The number of benzene rings is 2. The number of H-pyrrole nitrogens is 1. The van der Waals surface area contributed by atoms with Crippen molar-refractivity contribution in [1.29, 1.82) is 0 Å². The summed E-state index contributed by atoms with van der Waals surface area (Å²) in [4.78, 5) is 0. The van der Waals surface area contributed by atoms with Gasteiger partial charge in [0, 0.05) is 10.6 Å². The van der Waals surface area contributed by atoms with E-state index in [1.165, 1.54) is 4.68 Å². The molecule has 4 nitrogen and oxygen atoms in total. The summed E-state index contributed by atoms with van der Waals surface area (Å²) < 4.78 is 1.91. The minimum atomic E-state index is 0.379. The van der Waals surface area contributed by atoms with Gasteiger partial charge in [-0.1, -0.05) is 59.6 Å². The van der Waals surface area contributed by atoms with Crippen molar-refractivity contribution in [2.75, 3.05) is 0 Å². The van der Waals surface area contributed by atoms with E-state index >= 15 is 0 Å². The van der Waals surface area contributed by atoms with Crippen molar-refractivity contribution in [1.82, 2.24) is 14.9 Å². The maximum Gasteiger partial charge on any atom is 0.216 e. The fourth-order valence-electron chi connectivity index (χ4n) is 2.24. The summed E-state index contributed by atoms with van der Waals surface area (Å²) in [6.07, 6.45) is 3.76. The fraction of sp³-hybridized carbons (Fsp3) is 0.0556. The molecule has 0 atom stereocenters. The molecule has 0 saturated carbocycles. The van der Waals surface area contributed by atoms with Gasteiger partial charge in [0.25, 0.3) is 0 Å². The van der Waals surface area contributed by atoms with Gasteiger partial charge in [-0.05, 0) is 48.5 Å². The Morgan fingerprint density at radius 1 is 1.20 bits per heavy atom. The maximum atomic E-state index is 6.27. The van der Waals surface area contributed by atoms with Crippen LogP contribution in [0.15, 0.2) is 59.2 Å². The molecule has 3 rings (SSSR count). The fourth-order valence-corrected chi connectivity index (χ4v) is 2.91. The molecule has 3 aromatic rings. The molecule has 0 bridgehead atoms. The summed E-state index contributed by atoms with van der Waals surface area (Å²) in [5.74, 6) is 0.524. The van der Waals surface area contributed by atoms with E-state index in [1.54, 1.807) is 24.4 Å². The van der Waals surface area contributed by atoms with Crippen LogP contribution < -0.4 is 0 Å². The van der Waals surface area contributed by atoms with E-state index in [9.17, 15) is 0 Å². The van der Waals surface area contributed by atoms with Gasteiger partial charge < -0.3 is 0 Å². The molecular weight excluding hydrogens is 375 g/mol. The lowest BCUT2D eigenvalue weighted by Crippen LogP contribution is -1.95. The minimum absolute atomic E-state index is 0.379. The van der Waals surface area contributed by atoms with Crippen molar-refractivity contribution in [3.8, 4) is 11.4 Å². The van der Waals surface area contributed by atoms with Crippen LogP contribution in [0.4, 0.5) is 0 Å². The molecule has 0 fully saturated rings. The molecule has 0 saturated heterocycles. The molecule has 0 amide bonds. The van der Waals surface area contributed by atoms with E-state index in [1.807, 2.05) is 43.3 Å². The van der Waals surface area contributed by atoms with Gasteiger partial charge in [-0.15, -0.1) is 0 Å². The van der Waals surface area contributed by atoms with Crippen molar-refractivity contribution in [3.63, 3.8) is 0 Å².